The first kappa shape index (κ1) is 45.2. The van der Waals surface area contributed by atoms with E-state index in [2.05, 4.69) is 31.5 Å². The average Bonchev–Trinajstić information content (AvgIpc) is 3.11. The Kier molecular flexibility index (Phi) is 17.8. The van der Waals surface area contributed by atoms with E-state index in [9.17, 15) is 63.0 Å². The maximum Gasteiger partial charge on any atom is 0.326 e. The number of aromatic amines is 2. The first-order valence-corrected chi connectivity index (χ1v) is 18.4. The largest absolute Gasteiger partial charge is 0.480 e. The highest BCUT2D eigenvalue weighted by Crippen LogP contribution is 2.24. The van der Waals surface area contributed by atoms with Gasteiger partial charge in [-0.25, -0.2) is 4.79 Å². The van der Waals surface area contributed by atoms with Crippen molar-refractivity contribution in [2.75, 3.05) is 29.9 Å². The number of carbonyl (C=O) groups excluding carboxylic acids is 5. The molecule has 12 N–H and O–H groups in total. The molecule has 0 saturated carbocycles. The lowest BCUT2D eigenvalue weighted by atomic mass is 10.1. The van der Waals surface area contributed by atoms with E-state index in [1.807, 2.05) is 0 Å². The molecule has 5 amide bonds. The van der Waals surface area contributed by atoms with Gasteiger partial charge in [0, 0.05) is 37.0 Å². The smallest absolute Gasteiger partial charge is 0.326 e. The van der Waals surface area contributed by atoms with Crippen LogP contribution in [0.3, 0.4) is 0 Å². The number of H-pyrrole nitrogens is 2. The van der Waals surface area contributed by atoms with Crippen molar-refractivity contribution in [3.05, 3.63) is 38.9 Å². The first-order chi connectivity index (χ1) is 25.8. The van der Waals surface area contributed by atoms with Crippen LogP contribution >= 0.6 is 21.6 Å². The molecule has 0 aliphatic heterocycles. The molecule has 55 heavy (non-hydrogen) atoms. The highest BCUT2D eigenvalue weighted by molar-refractivity contribution is 8.76. The van der Waals surface area contributed by atoms with Crippen molar-refractivity contribution in [2.45, 2.75) is 56.8 Å². The third kappa shape index (κ3) is 14.8. The van der Waals surface area contributed by atoms with Crippen LogP contribution in [0.2, 0.25) is 0 Å². The normalized spacial score (nSPS) is 13.0. The Morgan fingerprint density at radius 1 is 0.782 bits per heavy atom. The zero-order chi connectivity index (χ0) is 41.4. The summed E-state index contributed by atoms with van der Waals surface area (Å²) in [5.41, 5.74) is 3.98. The molecule has 2 aromatic rings. The Morgan fingerprint density at radius 2 is 1.36 bits per heavy atom. The number of imide groups is 1. The van der Waals surface area contributed by atoms with Gasteiger partial charge in [0.05, 0.1) is 10.8 Å². The number of aromatic nitrogens is 2. The van der Waals surface area contributed by atoms with E-state index >= 15 is 0 Å². The Hall–Kier alpha value is -5.95. The molecule has 1 aromatic carbocycles. The fraction of sp³-hybridized carbons (Fsp3) is 0.433. The van der Waals surface area contributed by atoms with Crippen LogP contribution in [0.5, 0.6) is 0 Å². The minimum Gasteiger partial charge on any atom is -0.480 e. The van der Waals surface area contributed by atoms with Gasteiger partial charge in [-0.15, -0.1) is 0 Å². The molecule has 25 heteroatoms. The number of hydrogen-bond donors (Lipinski definition) is 11. The van der Waals surface area contributed by atoms with Crippen LogP contribution in [0.1, 0.15) is 32.6 Å². The summed E-state index contributed by atoms with van der Waals surface area (Å²) in [5, 5.41) is 50.4. The number of nitrogens with one attached hydrogen (secondary N) is 6. The minimum absolute atomic E-state index is 0.0279. The molecule has 300 valence electrons. The number of anilines is 1. The predicted molar refractivity (Wildman–Crippen MR) is 194 cm³/mol. The highest BCUT2D eigenvalue weighted by atomic mass is 33.1. The molecule has 0 bridgehead atoms. The highest BCUT2D eigenvalue weighted by Gasteiger charge is 2.31. The summed E-state index contributed by atoms with van der Waals surface area (Å²) in [6.07, 6.45) is -1.68. The molecule has 0 aliphatic rings. The number of nitrogens with two attached hydrogens (primary N) is 1. The van der Waals surface area contributed by atoms with Crippen LogP contribution in [0.15, 0.2) is 27.8 Å². The van der Waals surface area contributed by atoms with Crippen molar-refractivity contribution in [3.63, 3.8) is 0 Å². The number of carboxylic acids is 4. The molecule has 2 rings (SSSR count). The van der Waals surface area contributed by atoms with E-state index in [0.717, 1.165) is 28.5 Å². The molecule has 0 saturated heterocycles. The quantitative estimate of drug-likeness (QED) is 0.0395. The van der Waals surface area contributed by atoms with Crippen molar-refractivity contribution in [3.8, 4) is 0 Å². The van der Waals surface area contributed by atoms with Crippen molar-refractivity contribution >= 4 is 91.5 Å². The van der Waals surface area contributed by atoms with Gasteiger partial charge in [-0.3, -0.25) is 63.0 Å². The molecule has 0 radical (unpaired) electrons. The molecule has 0 unspecified atom stereocenters. The fourth-order valence-corrected chi connectivity index (χ4v) is 6.88. The van der Waals surface area contributed by atoms with Crippen LogP contribution in [-0.2, 0) is 43.2 Å². The first-order valence-electron chi connectivity index (χ1n) is 15.9. The van der Waals surface area contributed by atoms with Crippen molar-refractivity contribution in [1.29, 1.82) is 0 Å². The Labute approximate surface area is 316 Å². The summed E-state index contributed by atoms with van der Waals surface area (Å²) in [7, 11) is 1.66. The third-order valence-electron chi connectivity index (χ3n) is 7.30. The molecule has 1 aromatic heterocycles. The summed E-state index contributed by atoms with van der Waals surface area (Å²) >= 11 is 0. The monoisotopic (exact) mass is 814 g/mol. The number of hydrogen-bond acceptors (Lipinski definition) is 15. The summed E-state index contributed by atoms with van der Waals surface area (Å²) in [6, 6.07) is -1.78. The van der Waals surface area contributed by atoms with Crippen molar-refractivity contribution < 1.29 is 63.6 Å². The minimum atomic E-state index is -1.60. The molecule has 4 atom stereocenters. The van der Waals surface area contributed by atoms with E-state index in [4.69, 9.17) is 15.9 Å². The SMILES string of the molecule is CC(=O)N(CC(=O)O)C(=O)[C@H](CSSC[C@H](NC(=O)CC[C@H](N)C(=O)O)C(=O)NCC(=O)O)NC(=O)CC[C@H](Nc1cccc2c(=O)[nH][nH]c(=O)c12)C(=O)O. The summed E-state index contributed by atoms with van der Waals surface area (Å²) in [5.74, 6) is -11.2. The maximum atomic E-state index is 13.3. The van der Waals surface area contributed by atoms with Crippen LogP contribution in [0.4, 0.5) is 5.69 Å². The van der Waals surface area contributed by atoms with Gasteiger partial charge < -0.3 is 47.4 Å². The average molecular weight is 815 g/mol. The van der Waals surface area contributed by atoms with E-state index in [0.29, 0.717) is 4.90 Å². The van der Waals surface area contributed by atoms with Gasteiger partial charge in [0.15, 0.2) is 0 Å². The van der Waals surface area contributed by atoms with E-state index in [1.165, 1.54) is 18.2 Å². The second kappa shape index (κ2) is 21.7. The van der Waals surface area contributed by atoms with Crippen molar-refractivity contribution in [2.24, 2.45) is 5.73 Å². The fourth-order valence-electron chi connectivity index (χ4n) is 4.56. The molecule has 0 spiro atoms. The van der Waals surface area contributed by atoms with Crippen molar-refractivity contribution in [1.82, 2.24) is 31.0 Å². The maximum absolute atomic E-state index is 13.3. The number of rotatable bonds is 23. The molecule has 0 aliphatic carbocycles. The van der Waals surface area contributed by atoms with Crippen LogP contribution in [0, 0.1) is 0 Å². The van der Waals surface area contributed by atoms with Gasteiger partial charge in [-0.05, 0) is 25.0 Å². The lowest BCUT2D eigenvalue weighted by Gasteiger charge is -2.25. The third-order valence-corrected chi connectivity index (χ3v) is 9.73. The number of benzene rings is 1. The number of fused-ring (bicyclic) bond motifs is 1. The second-order valence-corrected chi connectivity index (χ2v) is 14.0. The van der Waals surface area contributed by atoms with Gasteiger partial charge in [0.25, 0.3) is 17.0 Å². The zero-order valence-electron chi connectivity index (χ0n) is 28.8. The van der Waals surface area contributed by atoms with E-state index in [-0.39, 0.29) is 34.4 Å². The Morgan fingerprint density at radius 3 is 1.93 bits per heavy atom. The van der Waals surface area contributed by atoms with Gasteiger partial charge >= 0.3 is 23.9 Å². The standard InChI is InChI=1S/C30H38N8O15S2/c1-13(39)38(10-23(44)45)28(49)19(12-55-54-11-18(26(47)32-9-22(42)43)34-20(40)7-5-15(31)29(50)51)35-21(41)8-6-17(30(52)53)33-16-4-2-3-14-24(16)27(48)37-36-25(14)46/h2-4,15,17-19,33H,5-12,31H2,1H3,(H,32,47)(H,34,40)(H,35,41)(H,36,46)(H,37,48)(H,42,43)(H,44,45)(H,50,51)(H,52,53)/t15-,17-,18-,19-/m0/s1. The van der Waals surface area contributed by atoms with E-state index in [1.54, 1.807) is 0 Å². The van der Waals surface area contributed by atoms with Gasteiger partial charge in [-0.2, -0.15) is 0 Å². The van der Waals surface area contributed by atoms with Gasteiger partial charge in [0.1, 0.15) is 37.3 Å². The van der Waals surface area contributed by atoms with Gasteiger partial charge in [0.2, 0.25) is 23.6 Å². The Balaban J connectivity index is 2.20. The zero-order valence-corrected chi connectivity index (χ0v) is 30.5. The summed E-state index contributed by atoms with van der Waals surface area (Å²) in [4.78, 5) is 134. The lowest BCUT2D eigenvalue weighted by molar-refractivity contribution is -0.152. The number of carbonyl (C=O) groups is 9. The predicted octanol–water partition coefficient (Wildman–Crippen LogP) is -2.93. The van der Waals surface area contributed by atoms with Gasteiger partial charge in [-0.1, -0.05) is 27.7 Å². The summed E-state index contributed by atoms with van der Waals surface area (Å²) < 4.78 is 0. The molecule has 1 heterocycles. The van der Waals surface area contributed by atoms with Crippen LogP contribution in [0.25, 0.3) is 10.8 Å². The number of amides is 5. The molecular formula is C30H38N8O15S2. The number of nitrogens with zero attached hydrogens (tertiary/aromatic N) is 1. The molecule has 0 fully saturated rings. The molecule has 23 nitrogen and oxygen atoms in total. The second-order valence-electron chi connectivity index (χ2n) is 11.5. The Bertz CT molecular complexity index is 1920. The van der Waals surface area contributed by atoms with Crippen LogP contribution < -0.4 is 38.1 Å². The molecular weight excluding hydrogens is 777 g/mol. The number of carboxylic acid groups (broad SMARTS) is 4. The van der Waals surface area contributed by atoms with E-state index < -0.39 is 121 Å². The topological polar surface area (TPSA) is 378 Å². The van der Waals surface area contributed by atoms with Crippen LogP contribution in [-0.4, -0.2) is 138 Å². The summed E-state index contributed by atoms with van der Waals surface area (Å²) in [6.45, 7) is -0.971. The number of aliphatic carboxylic acids is 4. The lowest BCUT2D eigenvalue weighted by Crippen LogP contribution is -2.52.